The molecule has 0 amide bonds. The summed E-state index contributed by atoms with van der Waals surface area (Å²) in [4.78, 5) is 0.270. The minimum Gasteiger partial charge on any atom is -0.264 e. The van der Waals surface area contributed by atoms with E-state index in [2.05, 4.69) is 14.9 Å². The Balaban J connectivity index is 1.72. The van der Waals surface area contributed by atoms with Crippen molar-refractivity contribution in [2.45, 2.75) is 25.3 Å². The lowest BCUT2D eigenvalue weighted by Crippen LogP contribution is -2.27. The summed E-state index contributed by atoms with van der Waals surface area (Å²) in [5.74, 6) is 0. The molecule has 3 rings (SSSR count). The molecule has 0 spiro atoms. The Labute approximate surface area is 135 Å². The minimum absolute atomic E-state index is 0.265. The second-order valence-electron chi connectivity index (χ2n) is 5.52. The molecular formula is C15H19N5O2S. The third kappa shape index (κ3) is 2.99. The van der Waals surface area contributed by atoms with Gasteiger partial charge in [0.25, 0.3) is 0 Å². The quantitative estimate of drug-likeness (QED) is 0.764. The van der Waals surface area contributed by atoms with Gasteiger partial charge < -0.3 is 0 Å². The molecule has 0 aliphatic rings. The standard InChI is InChI=1S/C15H19N5O2S/c1-11-4-6-13(7-5-11)23(21,22)17-8-9-20-15-12(2)18-19(3)14(15)10-16-20/h4-7,10,17H,8-9H2,1-3H3. The van der Waals surface area contributed by atoms with Gasteiger partial charge in [0.1, 0.15) is 11.0 Å². The first-order chi connectivity index (χ1) is 10.9. The van der Waals surface area contributed by atoms with Gasteiger partial charge in [-0.2, -0.15) is 10.2 Å². The molecule has 0 fully saturated rings. The van der Waals surface area contributed by atoms with Gasteiger partial charge in [0.2, 0.25) is 10.0 Å². The van der Waals surface area contributed by atoms with Crippen molar-refractivity contribution >= 4 is 21.1 Å². The Morgan fingerprint density at radius 1 is 1.17 bits per heavy atom. The molecule has 3 aromatic rings. The van der Waals surface area contributed by atoms with Crippen LogP contribution in [-0.2, 0) is 23.6 Å². The van der Waals surface area contributed by atoms with Crippen LogP contribution in [0.5, 0.6) is 0 Å². The summed E-state index contributed by atoms with van der Waals surface area (Å²) >= 11 is 0. The Morgan fingerprint density at radius 3 is 2.57 bits per heavy atom. The van der Waals surface area contributed by atoms with E-state index in [0.717, 1.165) is 22.3 Å². The average Bonchev–Trinajstić information content (AvgIpc) is 3.02. The van der Waals surface area contributed by atoms with Gasteiger partial charge >= 0.3 is 0 Å². The van der Waals surface area contributed by atoms with E-state index in [1.54, 1.807) is 39.8 Å². The molecule has 0 radical (unpaired) electrons. The predicted molar refractivity (Wildman–Crippen MR) is 87.6 cm³/mol. The lowest BCUT2D eigenvalue weighted by atomic mass is 10.2. The summed E-state index contributed by atoms with van der Waals surface area (Å²) in [6.45, 7) is 4.54. The smallest absolute Gasteiger partial charge is 0.240 e. The van der Waals surface area contributed by atoms with Gasteiger partial charge in [-0.1, -0.05) is 17.7 Å². The first-order valence-corrected chi connectivity index (χ1v) is 8.78. The zero-order valence-corrected chi connectivity index (χ0v) is 14.1. The van der Waals surface area contributed by atoms with E-state index < -0.39 is 10.0 Å². The van der Waals surface area contributed by atoms with Crippen LogP contribution in [0.3, 0.4) is 0 Å². The second kappa shape index (κ2) is 5.78. The van der Waals surface area contributed by atoms with Gasteiger partial charge in [-0.3, -0.25) is 9.36 Å². The zero-order chi connectivity index (χ0) is 16.6. The van der Waals surface area contributed by atoms with Gasteiger partial charge in [-0.05, 0) is 26.0 Å². The molecule has 1 N–H and O–H groups in total. The van der Waals surface area contributed by atoms with E-state index in [1.807, 2.05) is 20.9 Å². The molecule has 2 heterocycles. The van der Waals surface area contributed by atoms with Crippen molar-refractivity contribution in [2.75, 3.05) is 6.54 Å². The average molecular weight is 333 g/mol. The fourth-order valence-corrected chi connectivity index (χ4v) is 3.59. The van der Waals surface area contributed by atoms with Crippen molar-refractivity contribution in [2.24, 2.45) is 7.05 Å². The highest BCUT2D eigenvalue weighted by Crippen LogP contribution is 2.16. The van der Waals surface area contributed by atoms with E-state index in [0.29, 0.717) is 6.54 Å². The van der Waals surface area contributed by atoms with Crippen LogP contribution in [0.2, 0.25) is 0 Å². The molecule has 0 aliphatic heterocycles. The zero-order valence-electron chi connectivity index (χ0n) is 13.3. The maximum absolute atomic E-state index is 12.2. The highest BCUT2D eigenvalue weighted by atomic mass is 32.2. The molecule has 8 heteroatoms. The third-order valence-electron chi connectivity index (χ3n) is 3.76. The Bertz CT molecular complexity index is 938. The molecular weight excluding hydrogens is 314 g/mol. The molecule has 23 heavy (non-hydrogen) atoms. The Hall–Kier alpha value is -2.19. The second-order valence-corrected chi connectivity index (χ2v) is 7.29. The molecule has 7 nitrogen and oxygen atoms in total. The lowest BCUT2D eigenvalue weighted by molar-refractivity contribution is 0.565. The topological polar surface area (TPSA) is 81.8 Å². The van der Waals surface area contributed by atoms with Crippen LogP contribution in [0, 0.1) is 13.8 Å². The highest BCUT2D eigenvalue weighted by Gasteiger charge is 2.15. The normalized spacial score (nSPS) is 12.1. The maximum atomic E-state index is 12.2. The summed E-state index contributed by atoms with van der Waals surface area (Å²) < 4.78 is 30.6. The highest BCUT2D eigenvalue weighted by molar-refractivity contribution is 7.89. The summed E-state index contributed by atoms with van der Waals surface area (Å²) in [6.07, 6.45) is 1.74. The number of aromatic nitrogens is 4. The van der Waals surface area contributed by atoms with Crippen molar-refractivity contribution in [3.63, 3.8) is 0 Å². The number of fused-ring (bicyclic) bond motifs is 1. The van der Waals surface area contributed by atoms with Gasteiger partial charge in [0, 0.05) is 13.6 Å². The van der Waals surface area contributed by atoms with Crippen molar-refractivity contribution < 1.29 is 8.42 Å². The molecule has 0 unspecified atom stereocenters. The molecule has 1 aromatic carbocycles. The van der Waals surface area contributed by atoms with Gasteiger partial charge in [-0.15, -0.1) is 0 Å². The number of aryl methyl sites for hydroxylation is 3. The van der Waals surface area contributed by atoms with Gasteiger partial charge in [0.05, 0.1) is 23.3 Å². The van der Waals surface area contributed by atoms with E-state index in [4.69, 9.17) is 0 Å². The van der Waals surface area contributed by atoms with Crippen LogP contribution in [-0.4, -0.2) is 34.5 Å². The van der Waals surface area contributed by atoms with Crippen LogP contribution in [0.15, 0.2) is 35.4 Å². The summed E-state index contributed by atoms with van der Waals surface area (Å²) in [6, 6.07) is 6.78. The monoisotopic (exact) mass is 333 g/mol. The fraction of sp³-hybridized carbons (Fsp3) is 0.333. The van der Waals surface area contributed by atoms with Crippen molar-refractivity contribution in [3.05, 3.63) is 41.7 Å². The minimum atomic E-state index is -3.50. The van der Waals surface area contributed by atoms with E-state index in [1.165, 1.54) is 0 Å². The summed E-state index contributed by atoms with van der Waals surface area (Å²) in [7, 11) is -1.64. The number of hydrogen-bond acceptors (Lipinski definition) is 4. The van der Waals surface area contributed by atoms with Crippen LogP contribution in [0.1, 0.15) is 11.3 Å². The van der Waals surface area contributed by atoms with Gasteiger partial charge in [-0.25, -0.2) is 13.1 Å². The SMILES string of the molecule is Cc1ccc(S(=O)(=O)NCCn2ncc3c2c(C)nn3C)cc1. The van der Waals surface area contributed by atoms with Crippen molar-refractivity contribution in [3.8, 4) is 0 Å². The Morgan fingerprint density at radius 2 is 1.87 bits per heavy atom. The molecule has 2 aromatic heterocycles. The van der Waals surface area contributed by atoms with Crippen LogP contribution in [0.25, 0.3) is 11.0 Å². The first kappa shape index (κ1) is 15.7. The first-order valence-electron chi connectivity index (χ1n) is 7.30. The molecule has 0 saturated carbocycles. The van der Waals surface area contributed by atoms with E-state index in [-0.39, 0.29) is 11.4 Å². The molecule has 122 valence electrons. The van der Waals surface area contributed by atoms with Crippen LogP contribution < -0.4 is 4.72 Å². The Kier molecular flexibility index (Phi) is 3.95. The van der Waals surface area contributed by atoms with Crippen molar-refractivity contribution in [1.82, 2.24) is 24.3 Å². The van der Waals surface area contributed by atoms with Crippen LogP contribution >= 0.6 is 0 Å². The van der Waals surface area contributed by atoms with E-state index >= 15 is 0 Å². The molecule has 0 saturated heterocycles. The molecule has 0 aliphatic carbocycles. The molecule has 0 atom stereocenters. The summed E-state index contributed by atoms with van der Waals surface area (Å²) in [5, 5.41) is 8.64. The number of sulfonamides is 1. The van der Waals surface area contributed by atoms with Crippen LogP contribution in [0.4, 0.5) is 0 Å². The molecule has 0 bridgehead atoms. The van der Waals surface area contributed by atoms with Crippen molar-refractivity contribution in [1.29, 1.82) is 0 Å². The fourth-order valence-electron chi connectivity index (χ4n) is 2.57. The largest absolute Gasteiger partial charge is 0.264 e. The summed E-state index contributed by atoms with van der Waals surface area (Å²) in [5.41, 5.74) is 3.77. The lowest BCUT2D eigenvalue weighted by Gasteiger charge is -2.07. The number of nitrogens with one attached hydrogen (secondary N) is 1. The number of rotatable bonds is 5. The predicted octanol–water partition coefficient (Wildman–Crippen LogP) is 1.37. The van der Waals surface area contributed by atoms with Gasteiger partial charge in [0.15, 0.2) is 0 Å². The number of benzene rings is 1. The van der Waals surface area contributed by atoms with E-state index in [9.17, 15) is 8.42 Å². The third-order valence-corrected chi connectivity index (χ3v) is 5.24. The maximum Gasteiger partial charge on any atom is 0.240 e. The number of nitrogens with zero attached hydrogens (tertiary/aromatic N) is 4. The number of hydrogen-bond donors (Lipinski definition) is 1.